The molecule has 1 atom stereocenters. The van der Waals surface area contributed by atoms with Crippen LogP contribution in [0.3, 0.4) is 0 Å². The Labute approximate surface area is 202 Å². The van der Waals surface area contributed by atoms with E-state index in [2.05, 4.69) is 0 Å². The van der Waals surface area contributed by atoms with E-state index in [-0.39, 0.29) is 46.7 Å². The van der Waals surface area contributed by atoms with Gasteiger partial charge in [-0.15, -0.1) is 0 Å². The largest absolute Gasteiger partial charge is 0.454 e. The number of carbonyl (C=O) groups excluding carboxylic acids is 1. The summed E-state index contributed by atoms with van der Waals surface area (Å²) in [5.41, 5.74) is 1.23. The summed E-state index contributed by atoms with van der Waals surface area (Å²) in [5.74, 6) is 0.647. The van der Waals surface area contributed by atoms with Gasteiger partial charge in [-0.2, -0.15) is 0 Å². The van der Waals surface area contributed by atoms with Crippen LogP contribution in [0.2, 0.25) is 5.02 Å². The number of hydrogen-bond acceptors (Lipinski definition) is 7. The molecule has 1 amide bonds. The number of nitrogens with zero attached hydrogens (tertiary/aromatic N) is 2. The molecule has 0 N–H and O–H groups in total. The maximum Gasteiger partial charge on any atom is 0.291 e. The van der Waals surface area contributed by atoms with E-state index >= 15 is 0 Å². The summed E-state index contributed by atoms with van der Waals surface area (Å²) in [6, 6.07) is 14.9. The van der Waals surface area contributed by atoms with E-state index in [1.54, 1.807) is 36.4 Å². The van der Waals surface area contributed by atoms with Crippen molar-refractivity contribution in [2.45, 2.75) is 12.6 Å². The first-order chi connectivity index (χ1) is 16.9. The summed E-state index contributed by atoms with van der Waals surface area (Å²) in [6.07, 6.45) is 0. The Morgan fingerprint density at radius 3 is 2.54 bits per heavy atom. The van der Waals surface area contributed by atoms with Gasteiger partial charge in [0, 0.05) is 23.7 Å². The van der Waals surface area contributed by atoms with Gasteiger partial charge in [0.2, 0.25) is 12.6 Å². The number of non-ortho nitro benzene ring substituents is 1. The molecule has 0 radical (unpaired) electrons. The van der Waals surface area contributed by atoms with Crippen molar-refractivity contribution in [3.63, 3.8) is 0 Å². The molecular weight excluding hydrogens is 476 g/mol. The maximum atomic E-state index is 13.6. The number of nitro groups is 1. The lowest BCUT2D eigenvalue weighted by molar-refractivity contribution is -0.384. The molecule has 35 heavy (non-hydrogen) atoms. The van der Waals surface area contributed by atoms with Crippen LogP contribution in [-0.4, -0.2) is 22.5 Å². The Balaban J connectivity index is 1.51. The zero-order valence-electron chi connectivity index (χ0n) is 17.9. The lowest BCUT2D eigenvalue weighted by Crippen LogP contribution is -2.29. The van der Waals surface area contributed by atoms with Crippen molar-refractivity contribution in [3.05, 3.63) is 108 Å². The van der Waals surface area contributed by atoms with Crippen molar-refractivity contribution in [3.8, 4) is 11.5 Å². The minimum absolute atomic E-state index is 0.0612. The van der Waals surface area contributed by atoms with E-state index in [0.717, 1.165) is 5.56 Å². The summed E-state index contributed by atoms with van der Waals surface area (Å²) in [5, 5.41) is 11.8. The lowest BCUT2D eigenvalue weighted by Gasteiger charge is -2.25. The third kappa shape index (κ3) is 3.39. The number of ether oxygens (including phenoxy) is 2. The van der Waals surface area contributed by atoms with Gasteiger partial charge in [-0.3, -0.25) is 19.7 Å². The van der Waals surface area contributed by atoms with Crippen molar-refractivity contribution in [1.82, 2.24) is 4.90 Å². The summed E-state index contributed by atoms with van der Waals surface area (Å²) >= 11 is 6.11. The molecule has 2 aliphatic rings. The zero-order valence-corrected chi connectivity index (χ0v) is 18.7. The number of benzene rings is 3. The van der Waals surface area contributed by atoms with Crippen molar-refractivity contribution in [1.29, 1.82) is 0 Å². The third-order valence-electron chi connectivity index (χ3n) is 6.14. The second-order valence-electron chi connectivity index (χ2n) is 8.19. The average molecular weight is 491 g/mol. The molecule has 0 unspecified atom stereocenters. The van der Waals surface area contributed by atoms with Crippen molar-refractivity contribution in [2.24, 2.45) is 0 Å². The minimum atomic E-state index is -0.816. The fraction of sp³-hybridized carbons (Fsp3) is 0.120. The number of amides is 1. The quantitative estimate of drug-likeness (QED) is 0.297. The molecule has 174 valence electrons. The number of nitro benzene ring substituents is 1. The predicted molar refractivity (Wildman–Crippen MR) is 125 cm³/mol. The van der Waals surface area contributed by atoms with Gasteiger partial charge in [0.15, 0.2) is 16.9 Å². The number of rotatable bonds is 4. The van der Waals surface area contributed by atoms with Gasteiger partial charge in [-0.25, -0.2) is 0 Å². The van der Waals surface area contributed by atoms with Crippen molar-refractivity contribution in [2.75, 3.05) is 6.79 Å². The number of carbonyl (C=O) groups is 1. The molecule has 0 aliphatic carbocycles. The van der Waals surface area contributed by atoms with E-state index in [0.29, 0.717) is 22.1 Å². The van der Waals surface area contributed by atoms with Crippen LogP contribution < -0.4 is 14.9 Å². The van der Waals surface area contributed by atoms with Gasteiger partial charge in [-0.05, 0) is 53.6 Å². The highest BCUT2D eigenvalue weighted by Gasteiger charge is 2.43. The van der Waals surface area contributed by atoms with Crippen LogP contribution in [0.4, 0.5) is 5.69 Å². The highest BCUT2D eigenvalue weighted by Crippen LogP contribution is 2.41. The molecular formula is C25H15ClN2O7. The summed E-state index contributed by atoms with van der Waals surface area (Å²) in [6.45, 7) is 0.254. The summed E-state index contributed by atoms with van der Waals surface area (Å²) < 4.78 is 16.7. The SMILES string of the molecule is O=C1c2oc3ccc(Cl)cc3c(=O)c2[C@H](c2ccc([N+](=O)[O-])cc2)N1Cc1ccc2c(c1)OCO2. The fourth-order valence-corrected chi connectivity index (χ4v) is 4.69. The van der Waals surface area contributed by atoms with Crippen LogP contribution in [0, 0.1) is 10.1 Å². The number of halogens is 1. The molecule has 3 heterocycles. The Hall–Kier alpha value is -4.37. The second kappa shape index (κ2) is 7.85. The average Bonchev–Trinajstić information content (AvgIpc) is 3.43. The van der Waals surface area contributed by atoms with Crippen LogP contribution in [0.5, 0.6) is 11.5 Å². The Morgan fingerprint density at radius 1 is 1.00 bits per heavy atom. The van der Waals surface area contributed by atoms with Gasteiger partial charge < -0.3 is 18.8 Å². The molecule has 4 aromatic rings. The second-order valence-corrected chi connectivity index (χ2v) is 8.62. The fourth-order valence-electron chi connectivity index (χ4n) is 4.52. The Morgan fingerprint density at radius 2 is 1.77 bits per heavy atom. The number of hydrogen-bond donors (Lipinski definition) is 0. The van der Waals surface area contributed by atoms with Gasteiger partial charge in [0.05, 0.1) is 21.9 Å². The van der Waals surface area contributed by atoms with Gasteiger partial charge in [-0.1, -0.05) is 17.7 Å². The molecule has 2 aliphatic heterocycles. The van der Waals surface area contributed by atoms with Crippen LogP contribution in [0.1, 0.15) is 33.3 Å². The van der Waals surface area contributed by atoms with Gasteiger partial charge in [0.1, 0.15) is 5.58 Å². The van der Waals surface area contributed by atoms with E-state index < -0.39 is 16.9 Å². The van der Waals surface area contributed by atoms with Crippen LogP contribution >= 0.6 is 11.6 Å². The molecule has 1 aromatic heterocycles. The molecule has 0 saturated carbocycles. The molecule has 10 heteroatoms. The molecule has 6 rings (SSSR count). The van der Waals surface area contributed by atoms with Crippen LogP contribution in [0.25, 0.3) is 11.0 Å². The normalized spacial score (nSPS) is 16.1. The zero-order chi connectivity index (χ0) is 24.3. The van der Waals surface area contributed by atoms with E-state index in [1.165, 1.54) is 23.1 Å². The standard InChI is InChI=1S/C25H15ClN2O7/c26-15-4-8-18-17(10-15)23(29)21-22(14-2-5-16(6-3-14)28(31)32)27(25(30)24(21)35-18)11-13-1-7-19-20(9-13)34-12-33-19/h1-10,22H,11-12H2/t22-/m0/s1. The Bertz CT molecular complexity index is 1600. The third-order valence-corrected chi connectivity index (χ3v) is 6.37. The molecule has 3 aromatic carbocycles. The topological polar surface area (TPSA) is 112 Å². The van der Waals surface area contributed by atoms with Crippen molar-refractivity contribution >= 4 is 34.2 Å². The maximum absolute atomic E-state index is 13.6. The highest BCUT2D eigenvalue weighted by atomic mass is 35.5. The summed E-state index contributed by atoms with van der Waals surface area (Å²) in [7, 11) is 0. The van der Waals surface area contributed by atoms with Gasteiger partial charge >= 0.3 is 0 Å². The predicted octanol–water partition coefficient (Wildman–Crippen LogP) is 4.83. The lowest BCUT2D eigenvalue weighted by atomic mass is 9.98. The van der Waals surface area contributed by atoms with E-state index in [1.807, 2.05) is 6.07 Å². The summed E-state index contributed by atoms with van der Waals surface area (Å²) in [4.78, 5) is 39.3. The highest BCUT2D eigenvalue weighted by molar-refractivity contribution is 6.31. The molecule has 0 saturated heterocycles. The number of fused-ring (bicyclic) bond motifs is 3. The Kier molecular flexibility index (Phi) is 4.75. The first kappa shape index (κ1) is 21.2. The van der Waals surface area contributed by atoms with E-state index in [4.69, 9.17) is 25.5 Å². The minimum Gasteiger partial charge on any atom is -0.454 e. The first-order valence-electron chi connectivity index (χ1n) is 10.6. The smallest absolute Gasteiger partial charge is 0.291 e. The molecule has 9 nitrogen and oxygen atoms in total. The molecule has 0 fully saturated rings. The monoisotopic (exact) mass is 490 g/mol. The van der Waals surface area contributed by atoms with Crippen LogP contribution in [-0.2, 0) is 6.54 Å². The van der Waals surface area contributed by atoms with Crippen molar-refractivity contribution < 1.29 is 23.6 Å². The van der Waals surface area contributed by atoms with Gasteiger partial charge in [0.25, 0.3) is 11.6 Å². The van der Waals surface area contributed by atoms with E-state index in [9.17, 15) is 19.7 Å². The molecule has 0 spiro atoms. The molecule has 0 bridgehead atoms. The first-order valence-corrected chi connectivity index (χ1v) is 11.0. The van der Waals surface area contributed by atoms with Crippen LogP contribution in [0.15, 0.2) is 69.9 Å².